The summed E-state index contributed by atoms with van der Waals surface area (Å²) in [7, 11) is 0. The second kappa shape index (κ2) is 7.84. The van der Waals surface area contributed by atoms with Gasteiger partial charge in [-0.05, 0) is 60.8 Å². The van der Waals surface area contributed by atoms with Crippen molar-refractivity contribution in [3.05, 3.63) is 65.5 Å². The van der Waals surface area contributed by atoms with Crippen LogP contribution in [0.4, 0.5) is 0 Å². The van der Waals surface area contributed by atoms with E-state index >= 15 is 0 Å². The van der Waals surface area contributed by atoms with Crippen molar-refractivity contribution in [2.24, 2.45) is 11.3 Å². The average molecular weight is 365 g/mol. The zero-order valence-electron chi connectivity index (χ0n) is 17.1. The number of nitrogens with zero attached hydrogens (tertiary/aromatic N) is 1. The minimum atomic E-state index is -0.279. The van der Waals surface area contributed by atoms with E-state index in [1.807, 2.05) is 36.4 Å². The van der Waals surface area contributed by atoms with Crippen molar-refractivity contribution in [3.63, 3.8) is 0 Å². The molecule has 0 spiro atoms. The van der Waals surface area contributed by atoms with E-state index in [4.69, 9.17) is 0 Å². The number of amides is 1. The van der Waals surface area contributed by atoms with Crippen molar-refractivity contribution in [2.45, 2.75) is 65.3 Å². The summed E-state index contributed by atoms with van der Waals surface area (Å²) in [6, 6.07) is 14.0. The molecule has 1 aromatic carbocycles. The minimum Gasteiger partial charge on any atom is -0.341 e. The third-order valence-electron chi connectivity index (χ3n) is 6.27. The fourth-order valence-corrected chi connectivity index (χ4v) is 3.92. The van der Waals surface area contributed by atoms with Gasteiger partial charge >= 0.3 is 0 Å². The maximum atomic E-state index is 13.1. The molecule has 1 aliphatic rings. The molecule has 3 nitrogen and oxygen atoms in total. The van der Waals surface area contributed by atoms with Gasteiger partial charge in [0.25, 0.3) is 5.91 Å². The number of carbonyl (C=O) groups is 1. The van der Waals surface area contributed by atoms with E-state index in [0.29, 0.717) is 5.92 Å². The summed E-state index contributed by atoms with van der Waals surface area (Å²) >= 11 is 0. The summed E-state index contributed by atoms with van der Waals surface area (Å²) < 4.78 is 0. The Kier molecular flexibility index (Phi) is 5.69. The summed E-state index contributed by atoms with van der Waals surface area (Å²) in [5.41, 5.74) is 2.90. The molecule has 1 heterocycles. The molecule has 144 valence electrons. The van der Waals surface area contributed by atoms with Gasteiger partial charge in [0.2, 0.25) is 0 Å². The molecule has 2 aromatic rings. The van der Waals surface area contributed by atoms with Crippen LogP contribution in [0.15, 0.2) is 48.7 Å². The number of hydrogen-bond acceptors (Lipinski definition) is 2. The van der Waals surface area contributed by atoms with Gasteiger partial charge in [0.15, 0.2) is 0 Å². The SMILES string of the molecule is CCCC(C)(C)C(C)Cc1ccccc1C(=O)NC1(c2ccccn2)CC1. The number of hydrogen-bond donors (Lipinski definition) is 1. The maximum Gasteiger partial charge on any atom is 0.252 e. The summed E-state index contributed by atoms with van der Waals surface area (Å²) in [6.45, 7) is 9.22. The second-order valence-electron chi connectivity index (χ2n) is 8.75. The van der Waals surface area contributed by atoms with Crippen molar-refractivity contribution < 1.29 is 4.79 Å². The molecular formula is C24H32N2O. The van der Waals surface area contributed by atoms with Gasteiger partial charge in [0.1, 0.15) is 0 Å². The van der Waals surface area contributed by atoms with Crippen molar-refractivity contribution in [2.75, 3.05) is 0 Å². The first-order valence-electron chi connectivity index (χ1n) is 10.2. The lowest BCUT2D eigenvalue weighted by Gasteiger charge is -2.32. The minimum absolute atomic E-state index is 0.0225. The van der Waals surface area contributed by atoms with Crippen LogP contribution in [-0.2, 0) is 12.0 Å². The Morgan fingerprint density at radius 3 is 2.52 bits per heavy atom. The zero-order valence-corrected chi connectivity index (χ0v) is 17.1. The summed E-state index contributed by atoms with van der Waals surface area (Å²) in [5, 5.41) is 3.28. The van der Waals surface area contributed by atoms with Crippen molar-refractivity contribution in [1.82, 2.24) is 10.3 Å². The molecule has 0 saturated heterocycles. The predicted octanol–water partition coefficient (Wildman–Crippen LogP) is 5.51. The molecule has 1 saturated carbocycles. The van der Waals surface area contributed by atoms with Gasteiger partial charge in [-0.25, -0.2) is 0 Å². The number of rotatable bonds is 8. The van der Waals surface area contributed by atoms with E-state index in [9.17, 15) is 4.79 Å². The van der Waals surface area contributed by atoms with Gasteiger partial charge in [-0.15, -0.1) is 0 Å². The molecule has 0 aliphatic heterocycles. The highest BCUT2D eigenvalue weighted by Gasteiger charge is 2.47. The van der Waals surface area contributed by atoms with Crippen molar-refractivity contribution >= 4 is 5.91 Å². The van der Waals surface area contributed by atoms with Gasteiger partial charge in [-0.1, -0.05) is 58.4 Å². The lowest BCUT2D eigenvalue weighted by atomic mass is 9.73. The van der Waals surface area contributed by atoms with Crippen LogP contribution in [0.25, 0.3) is 0 Å². The molecular weight excluding hydrogens is 332 g/mol. The molecule has 1 aliphatic carbocycles. The predicted molar refractivity (Wildman–Crippen MR) is 111 cm³/mol. The molecule has 27 heavy (non-hydrogen) atoms. The van der Waals surface area contributed by atoms with Crippen LogP contribution in [0.5, 0.6) is 0 Å². The quantitative estimate of drug-likeness (QED) is 0.671. The van der Waals surface area contributed by atoms with Gasteiger partial charge in [0.05, 0.1) is 11.2 Å². The Labute approximate surface area is 163 Å². The van der Waals surface area contributed by atoms with E-state index in [1.165, 1.54) is 12.8 Å². The zero-order chi connectivity index (χ0) is 19.5. The molecule has 1 unspecified atom stereocenters. The number of nitrogens with one attached hydrogen (secondary N) is 1. The van der Waals surface area contributed by atoms with E-state index in [1.54, 1.807) is 6.20 Å². The number of benzene rings is 1. The molecule has 1 aromatic heterocycles. The van der Waals surface area contributed by atoms with E-state index in [-0.39, 0.29) is 16.9 Å². The largest absolute Gasteiger partial charge is 0.341 e. The number of carbonyl (C=O) groups excluding carboxylic acids is 1. The van der Waals surface area contributed by atoms with Crippen LogP contribution >= 0.6 is 0 Å². The first kappa shape index (κ1) is 19.6. The van der Waals surface area contributed by atoms with E-state index < -0.39 is 0 Å². The Morgan fingerprint density at radius 2 is 1.89 bits per heavy atom. The van der Waals surface area contributed by atoms with E-state index in [0.717, 1.165) is 36.1 Å². The van der Waals surface area contributed by atoms with E-state index in [2.05, 4.69) is 44.1 Å². The van der Waals surface area contributed by atoms with Gasteiger partial charge in [-0.3, -0.25) is 9.78 Å². The fourth-order valence-electron chi connectivity index (χ4n) is 3.92. The van der Waals surface area contributed by atoms with Gasteiger partial charge < -0.3 is 5.32 Å². The summed E-state index contributed by atoms with van der Waals surface area (Å²) in [6.07, 6.45) is 7.02. The maximum absolute atomic E-state index is 13.1. The topological polar surface area (TPSA) is 42.0 Å². The van der Waals surface area contributed by atoms with Crippen LogP contribution in [0, 0.1) is 11.3 Å². The first-order valence-corrected chi connectivity index (χ1v) is 10.2. The van der Waals surface area contributed by atoms with Crippen molar-refractivity contribution in [3.8, 4) is 0 Å². The second-order valence-corrected chi connectivity index (χ2v) is 8.75. The number of aromatic nitrogens is 1. The molecule has 1 N–H and O–H groups in total. The van der Waals surface area contributed by atoms with Crippen molar-refractivity contribution in [1.29, 1.82) is 0 Å². The first-order chi connectivity index (χ1) is 12.9. The third-order valence-corrected chi connectivity index (χ3v) is 6.27. The van der Waals surface area contributed by atoms with Crippen LogP contribution in [-0.4, -0.2) is 10.9 Å². The Hall–Kier alpha value is -2.16. The molecule has 1 amide bonds. The van der Waals surface area contributed by atoms with Crippen LogP contribution in [0.3, 0.4) is 0 Å². The highest BCUT2D eigenvalue weighted by molar-refractivity contribution is 5.96. The van der Waals surface area contributed by atoms with Crippen LogP contribution < -0.4 is 5.32 Å². The normalized spacial score (nSPS) is 16.6. The lowest BCUT2D eigenvalue weighted by Crippen LogP contribution is -2.36. The Balaban J connectivity index is 1.77. The molecule has 0 radical (unpaired) electrons. The molecule has 3 heteroatoms. The van der Waals surface area contributed by atoms with Crippen LogP contribution in [0.1, 0.15) is 75.0 Å². The Morgan fingerprint density at radius 1 is 1.19 bits per heavy atom. The molecule has 3 rings (SSSR count). The summed E-state index contributed by atoms with van der Waals surface area (Å²) in [4.78, 5) is 17.6. The average Bonchev–Trinajstić information content (AvgIpc) is 3.43. The Bertz CT molecular complexity index is 778. The summed E-state index contributed by atoms with van der Waals surface area (Å²) in [5.74, 6) is 0.534. The van der Waals surface area contributed by atoms with Crippen LogP contribution in [0.2, 0.25) is 0 Å². The third kappa shape index (κ3) is 4.40. The lowest BCUT2D eigenvalue weighted by molar-refractivity contribution is 0.0928. The monoisotopic (exact) mass is 364 g/mol. The standard InChI is InChI=1S/C24H32N2O/c1-5-13-23(3,4)18(2)17-19-10-6-7-11-20(19)22(27)26-24(14-15-24)21-12-8-9-16-25-21/h6-12,16,18H,5,13-15,17H2,1-4H3,(H,26,27). The highest BCUT2D eigenvalue weighted by Crippen LogP contribution is 2.44. The smallest absolute Gasteiger partial charge is 0.252 e. The molecule has 0 bridgehead atoms. The van der Waals surface area contributed by atoms with Gasteiger partial charge in [0, 0.05) is 11.8 Å². The fraction of sp³-hybridized carbons (Fsp3) is 0.500. The number of pyridine rings is 1. The van der Waals surface area contributed by atoms with Gasteiger partial charge in [-0.2, -0.15) is 0 Å². The highest BCUT2D eigenvalue weighted by atomic mass is 16.1. The molecule has 1 atom stereocenters. The molecule has 1 fully saturated rings.